The molecule has 0 spiro atoms. The summed E-state index contributed by atoms with van der Waals surface area (Å²) in [6, 6.07) is 1.83. The Kier molecular flexibility index (Phi) is 4.83. The van der Waals surface area contributed by atoms with Gasteiger partial charge in [0.05, 0.1) is 14.2 Å². The lowest BCUT2D eigenvalue weighted by atomic mass is 9.90. The summed E-state index contributed by atoms with van der Waals surface area (Å²) in [6.07, 6.45) is 2.99. The molecule has 0 aliphatic carbocycles. The van der Waals surface area contributed by atoms with Crippen LogP contribution in [0.3, 0.4) is 0 Å². The van der Waals surface area contributed by atoms with Gasteiger partial charge in [0, 0.05) is 31.9 Å². The highest BCUT2D eigenvalue weighted by Gasteiger charge is 2.33. The average Bonchev–Trinajstić information content (AvgIpc) is 2.80. The van der Waals surface area contributed by atoms with E-state index in [0.29, 0.717) is 5.41 Å². The predicted molar refractivity (Wildman–Crippen MR) is 79.3 cm³/mol. The van der Waals surface area contributed by atoms with Crippen molar-refractivity contribution in [3.05, 3.63) is 18.0 Å². The van der Waals surface area contributed by atoms with Crippen LogP contribution in [0, 0.1) is 5.41 Å². The Morgan fingerprint density at radius 2 is 2.20 bits per heavy atom. The number of methoxy groups -OCH3 is 2. The van der Waals surface area contributed by atoms with Crippen LogP contribution in [0.25, 0.3) is 0 Å². The number of pyridine rings is 1. The summed E-state index contributed by atoms with van der Waals surface area (Å²) >= 11 is 0. The molecule has 1 aromatic heterocycles. The van der Waals surface area contributed by atoms with Crippen molar-refractivity contribution in [1.29, 1.82) is 0 Å². The number of likely N-dealkylation sites (tertiary alicyclic amines) is 1. The largest absolute Gasteiger partial charge is 0.493 e. The topological polar surface area (TPSA) is 46.6 Å². The zero-order chi connectivity index (χ0) is 14.6. The van der Waals surface area contributed by atoms with Gasteiger partial charge in [-0.1, -0.05) is 6.92 Å². The van der Waals surface area contributed by atoms with E-state index in [-0.39, 0.29) is 0 Å². The van der Waals surface area contributed by atoms with E-state index in [9.17, 15) is 0 Å². The standard InChI is InChI=1S/C15H25N3O2/c1-15(10-16-2)6-8-18(11-15)9-12-14(20-4)13(19-3)5-7-17-12/h5,7,16H,6,8-11H2,1-4H3. The molecule has 0 amide bonds. The molecule has 1 atom stereocenters. The summed E-state index contributed by atoms with van der Waals surface area (Å²) in [6.45, 7) is 6.36. The number of aromatic nitrogens is 1. The normalized spacial score (nSPS) is 23.0. The van der Waals surface area contributed by atoms with E-state index in [0.717, 1.165) is 43.4 Å². The van der Waals surface area contributed by atoms with Crippen molar-refractivity contribution in [2.24, 2.45) is 5.41 Å². The second-order valence-electron chi connectivity index (χ2n) is 5.79. The molecule has 2 heterocycles. The smallest absolute Gasteiger partial charge is 0.183 e. The molecular weight excluding hydrogens is 254 g/mol. The van der Waals surface area contributed by atoms with Crippen molar-refractivity contribution in [1.82, 2.24) is 15.2 Å². The Morgan fingerprint density at radius 1 is 1.40 bits per heavy atom. The molecule has 2 rings (SSSR count). The summed E-state index contributed by atoms with van der Waals surface area (Å²) in [5.74, 6) is 1.49. The van der Waals surface area contributed by atoms with Crippen molar-refractivity contribution < 1.29 is 9.47 Å². The number of hydrogen-bond donors (Lipinski definition) is 1. The number of hydrogen-bond acceptors (Lipinski definition) is 5. The average molecular weight is 279 g/mol. The fraction of sp³-hybridized carbons (Fsp3) is 0.667. The Hall–Kier alpha value is -1.33. The van der Waals surface area contributed by atoms with E-state index in [1.54, 1.807) is 20.4 Å². The first-order chi connectivity index (χ1) is 9.61. The molecule has 5 nitrogen and oxygen atoms in total. The summed E-state index contributed by atoms with van der Waals surface area (Å²) in [7, 11) is 5.33. The molecule has 1 aliphatic rings. The molecule has 1 aromatic rings. The lowest BCUT2D eigenvalue weighted by Gasteiger charge is -2.24. The number of ether oxygens (including phenoxy) is 2. The first-order valence-electron chi connectivity index (χ1n) is 7.05. The number of nitrogens with one attached hydrogen (secondary N) is 1. The van der Waals surface area contributed by atoms with Gasteiger partial charge >= 0.3 is 0 Å². The van der Waals surface area contributed by atoms with Gasteiger partial charge in [0.15, 0.2) is 11.5 Å². The van der Waals surface area contributed by atoms with Gasteiger partial charge in [-0.2, -0.15) is 0 Å². The molecular formula is C15H25N3O2. The van der Waals surface area contributed by atoms with Crippen LogP contribution in [0.1, 0.15) is 19.0 Å². The highest BCUT2D eigenvalue weighted by Crippen LogP contribution is 2.33. The monoisotopic (exact) mass is 279 g/mol. The molecule has 20 heavy (non-hydrogen) atoms. The molecule has 5 heteroatoms. The van der Waals surface area contributed by atoms with Crippen LogP contribution in [-0.2, 0) is 6.54 Å². The SMILES string of the molecule is CNCC1(C)CCN(Cc2nccc(OC)c2OC)C1. The van der Waals surface area contributed by atoms with E-state index in [1.807, 2.05) is 13.1 Å². The van der Waals surface area contributed by atoms with Crippen LogP contribution in [-0.4, -0.2) is 50.8 Å². The first-order valence-corrected chi connectivity index (χ1v) is 7.05. The fourth-order valence-electron chi connectivity index (χ4n) is 3.01. The third kappa shape index (κ3) is 3.22. The maximum Gasteiger partial charge on any atom is 0.183 e. The Balaban J connectivity index is 2.08. The third-order valence-electron chi connectivity index (χ3n) is 3.98. The third-order valence-corrected chi connectivity index (χ3v) is 3.98. The van der Waals surface area contributed by atoms with Crippen LogP contribution >= 0.6 is 0 Å². The van der Waals surface area contributed by atoms with Crippen molar-refractivity contribution in [3.8, 4) is 11.5 Å². The maximum absolute atomic E-state index is 5.45. The quantitative estimate of drug-likeness (QED) is 0.855. The molecule has 112 valence electrons. The van der Waals surface area contributed by atoms with Gasteiger partial charge in [0.25, 0.3) is 0 Å². The summed E-state index contributed by atoms with van der Waals surface area (Å²) in [5.41, 5.74) is 1.29. The molecule has 0 radical (unpaired) electrons. The fourth-order valence-corrected chi connectivity index (χ4v) is 3.01. The Bertz CT molecular complexity index is 453. The van der Waals surface area contributed by atoms with Crippen LogP contribution in [0.5, 0.6) is 11.5 Å². The van der Waals surface area contributed by atoms with Gasteiger partial charge in [-0.05, 0) is 25.4 Å². The van der Waals surface area contributed by atoms with Gasteiger partial charge < -0.3 is 14.8 Å². The van der Waals surface area contributed by atoms with E-state index < -0.39 is 0 Å². The Labute approximate surface area is 121 Å². The van der Waals surface area contributed by atoms with Gasteiger partial charge in [-0.25, -0.2) is 0 Å². The van der Waals surface area contributed by atoms with E-state index in [1.165, 1.54) is 6.42 Å². The summed E-state index contributed by atoms with van der Waals surface area (Å²) < 4.78 is 10.8. The summed E-state index contributed by atoms with van der Waals surface area (Å²) in [4.78, 5) is 6.89. The van der Waals surface area contributed by atoms with E-state index in [4.69, 9.17) is 9.47 Å². The van der Waals surface area contributed by atoms with Crippen LogP contribution in [0.15, 0.2) is 12.3 Å². The molecule has 1 aliphatic heterocycles. The lowest BCUT2D eigenvalue weighted by Crippen LogP contribution is -2.33. The molecule has 1 fully saturated rings. The molecule has 0 saturated carbocycles. The second-order valence-corrected chi connectivity index (χ2v) is 5.79. The minimum Gasteiger partial charge on any atom is -0.493 e. The maximum atomic E-state index is 5.45. The van der Waals surface area contributed by atoms with Gasteiger partial charge in [0.2, 0.25) is 0 Å². The minimum atomic E-state index is 0.348. The van der Waals surface area contributed by atoms with Crippen molar-refractivity contribution in [2.75, 3.05) is 40.9 Å². The van der Waals surface area contributed by atoms with Crippen molar-refractivity contribution >= 4 is 0 Å². The zero-order valence-electron chi connectivity index (χ0n) is 12.9. The molecule has 1 saturated heterocycles. The van der Waals surface area contributed by atoms with Gasteiger partial charge in [-0.3, -0.25) is 9.88 Å². The van der Waals surface area contributed by atoms with Crippen molar-refractivity contribution in [2.45, 2.75) is 19.9 Å². The van der Waals surface area contributed by atoms with Gasteiger partial charge in [0.1, 0.15) is 5.69 Å². The highest BCUT2D eigenvalue weighted by atomic mass is 16.5. The second kappa shape index (κ2) is 6.41. The number of nitrogens with zero attached hydrogens (tertiary/aromatic N) is 2. The molecule has 1 N–H and O–H groups in total. The Morgan fingerprint density at radius 3 is 2.85 bits per heavy atom. The van der Waals surface area contributed by atoms with Crippen LogP contribution in [0.4, 0.5) is 0 Å². The summed E-state index contributed by atoms with van der Waals surface area (Å²) in [5, 5.41) is 3.29. The van der Waals surface area contributed by atoms with Crippen LogP contribution < -0.4 is 14.8 Å². The van der Waals surface area contributed by atoms with E-state index in [2.05, 4.69) is 22.1 Å². The lowest BCUT2D eigenvalue weighted by molar-refractivity contribution is 0.258. The van der Waals surface area contributed by atoms with Gasteiger partial charge in [-0.15, -0.1) is 0 Å². The molecule has 0 aromatic carbocycles. The van der Waals surface area contributed by atoms with E-state index >= 15 is 0 Å². The number of rotatable bonds is 6. The van der Waals surface area contributed by atoms with Crippen LogP contribution in [0.2, 0.25) is 0 Å². The first kappa shape index (κ1) is 15.1. The molecule has 0 bridgehead atoms. The van der Waals surface area contributed by atoms with Crippen molar-refractivity contribution in [3.63, 3.8) is 0 Å². The highest BCUT2D eigenvalue weighted by molar-refractivity contribution is 5.42. The zero-order valence-corrected chi connectivity index (χ0v) is 12.9. The predicted octanol–water partition coefficient (Wildman–Crippen LogP) is 1.53. The molecule has 1 unspecified atom stereocenters. The minimum absolute atomic E-state index is 0.348.